The van der Waals surface area contributed by atoms with Crippen molar-refractivity contribution in [3.63, 3.8) is 0 Å². The average Bonchev–Trinajstić information content (AvgIpc) is 2.66. The molecule has 0 aromatic heterocycles. The summed E-state index contributed by atoms with van der Waals surface area (Å²) in [7, 11) is 0. The molecule has 0 heterocycles. The second-order valence-corrected chi connectivity index (χ2v) is 7.57. The van der Waals surface area contributed by atoms with E-state index in [4.69, 9.17) is 5.73 Å². The lowest BCUT2D eigenvalue weighted by Gasteiger charge is -2.20. The van der Waals surface area contributed by atoms with Crippen LogP contribution in [-0.2, 0) is 16.0 Å². The van der Waals surface area contributed by atoms with E-state index >= 15 is 0 Å². The van der Waals surface area contributed by atoms with Gasteiger partial charge in [-0.1, -0.05) is 42.5 Å². The lowest BCUT2D eigenvalue weighted by Crippen LogP contribution is -2.42. The first-order valence-corrected chi connectivity index (χ1v) is 10.0. The molecule has 0 saturated carbocycles. The summed E-state index contributed by atoms with van der Waals surface area (Å²) in [6, 6.07) is 17.5. The van der Waals surface area contributed by atoms with Gasteiger partial charge in [0.15, 0.2) is 0 Å². The fourth-order valence-electron chi connectivity index (χ4n) is 2.63. The molecule has 0 aliphatic carbocycles. The molecule has 144 valence electrons. The molecule has 27 heavy (non-hydrogen) atoms. The third kappa shape index (κ3) is 7.35. The number of carbonyl (C=O) groups is 2. The molecule has 5 nitrogen and oxygen atoms in total. The number of rotatable bonds is 10. The predicted molar refractivity (Wildman–Crippen MR) is 112 cm³/mol. The highest BCUT2D eigenvalue weighted by Gasteiger charge is 2.16. The molecule has 0 bridgehead atoms. The van der Waals surface area contributed by atoms with E-state index in [0.717, 1.165) is 23.4 Å². The maximum Gasteiger partial charge on any atom is 0.242 e. The summed E-state index contributed by atoms with van der Waals surface area (Å²) in [5.41, 5.74) is 7.31. The Hall–Kier alpha value is -2.47. The van der Waals surface area contributed by atoms with Gasteiger partial charge in [0.25, 0.3) is 0 Å². The second kappa shape index (κ2) is 10.6. The molecule has 0 spiro atoms. The van der Waals surface area contributed by atoms with E-state index in [1.807, 2.05) is 56.3 Å². The van der Waals surface area contributed by atoms with Crippen molar-refractivity contribution in [1.29, 1.82) is 0 Å². The number of para-hydroxylation sites is 1. The zero-order valence-electron chi connectivity index (χ0n) is 15.8. The minimum atomic E-state index is -0.389. The summed E-state index contributed by atoms with van der Waals surface area (Å²) < 4.78 is 0. The summed E-state index contributed by atoms with van der Waals surface area (Å²) in [6.45, 7) is 3.85. The van der Waals surface area contributed by atoms with Gasteiger partial charge in [-0.25, -0.2) is 0 Å². The van der Waals surface area contributed by atoms with Crippen molar-refractivity contribution < 1.29 is 9.59 Å². The Morgan fingerprint density at radius 1 is 1.04 bits per heavy atom. The third-order valence-electron chi connectivity index (χ3n) is 4.12. The van der Waals surface area contributed by atoms with Gasteiger partial charge in [0.05, 0.1) is 5.75 Å². The number of hydrogen-bond donors (Lipinski definition) is 3. The Balaban J connectivity index is 1.85. The van der Waals surface area contributed by atoms with Crippen LogP contribution in [0.4, 0.5) is 5.69 Å². The minimum absolute atomic E-state index is 0.0507. The summed E-state index contributed by atoms with van der Waals surface area (Å²) in [4.78, 5) is 24.4. The van der Waals surface area contributed by atoms with E-state index in [0.29, 0.717) is 0 Å². The van der Waals surface area contributed by atoms with E-state index in [1.165, 1.54) is 17.3 Å². The summed E-state index contributed by atoms with van der Waals surface area (Å²) >= 11 is 1.36. The highest BCUT2D eigenvalue weighted by molar-refractivity contribution is 8.00. The van der Waals surface area contributed by atoms with Crippen LogP contribution in [0.15, 0.2) is 59.5 Å². The van der Waals surface area contributed by atoms with Gasteiger partial charge >= 0.3 is 0 Å². The Kier molecular flexibility index (Phi) is 8.20. The number of carbonyl (C=O) groups excluding carboxylic acids is 2. The topological polar surface area (TPSA) is 84.2 Å². The van der Waals surface area contributed by atoms with Crippen LogP contribution in [0.3, 0.4) is 0 Å². The standard InChI is InChI=1S/C21H27N3O2S/c1-15(12-13-17-8-4-3-5-9-17)23-21(26)16(2)24-18-10-6-7-11-19(18)27-14-20(22)25/h3-11,15-16,24H,12-14H2,1-2H3,(H2,22,25)(H,23,26)/t15-,16+/m0/s1. The van der Waals surface area contributed by atoms with E-state index in [-0.39, 0.29) is 29.7 Å². The smallest absolute Gasteiger partial charge is 0.242 e. The number of aryl methyl sites for hydroxylation is 1. The van der Waals surface area contributed by atoms with Crippen LogP contribution in [0, 0.1) is 0 Å². The van der Waals surface area contributed by atoms with Gasteiger partial charge in [-0.15, -0.1) is 11.8 Å². The lowest BCUT2D eigenvalue weighted by atomic mass is 10.1. The molecule has 2 atom stereocenters. The fraction of sp³-hybridized carbons (Fsp3) is 0.333. The average molecular weight is 386 g/mol. The van der Waals surface area contributed by atoms with E-state index in [2.05, 4.69) is 22.8 Å². The molecule has 2 rings (SSSR count). The van der Waals surface area contributed by atoms with Gasteiger partial charge in [0.2, 0.25) is 11.8 Å². The molecule has 0 aliphatic heterocycles. The molecule has 4 N–H and O–H groups in total. The van der Waals surface area contributed by atoms with Crippen LogP contribution in [-0.4, -0.2) is 29.7 Å². The number of thioether (sulfide) groups is 1. The molecule has 0 aliphatic rings. The number of nitrogens with one attached hydrogen (secondary N) is 2. The Morgan fingerprint density at radius 2 is 1.70 bits per heavy atom. The first kappa shape index (κ1) is 20.8. The quantitative estimate of drug-likeness (QED) is 0.548. The van der Waals surface area contributed by atoms with Gasteiger partial charge in [-0.05, 0) is 44.4 Å². The molecule has 0 radical (unpaired) electrons. The predicted octanol–water partition coefficient (Wildman–Crippen LogP) is 3.20. The Bertz CT molecular complexity index is 752. The van der Waals surface area contributed by atoms with Crippen LogP contribution in [0.2, 0.25) is 0 Å². The van der Waals surface area contributed by atoms with Crippen LogP contribution in [0.25, 0.3) is 0 Å². The highest BCUT2D eigenvalue weighted by Crippen LogP contribution is 2.27. The SMILES string of the molecule is C[C@@H](CCc1ccccc1)NC(=O)[C@@H](C)Nc1ccccc1SCC(N)=O. The number of nitrogens with two attached hydrogens (primary N) is 1. The number of hydrogen-bond acceptors (Lipinski definition) is 4. The van der Waals surface area contributed by atoms with Gasteiger partial charge in [-0.2, -0.15) is 0 Å². The molecular formula is C21H27N3O2S. The molecule has 2 amide bonds. The van der Waals surface area contributed by atoms with Gasteiger partial charge in [0, 0.05) is 16.6 Å². The Labute approximate surface area is 165 Å². The summed E-state index contributed by atoms with van der Waals surface area (Å²) in [5, 5.41) is 6.29. The van der Waals surface area contributed by atoms with Crippen LogP contribution in [0.5, 0.6) is 0 Å². The van der Waals surface area contributed by atoms with E-state index in [1.54, 1.807) is 0 Å². The summed E-state index contributed by atoms with van der Waals surface area (Å²) in [5.74, 6) is -0.214. The molecular weight excluding hydrogens is 358 g/mol. The highest BCUT2D eigenvalue weighted by atomic mass is 32.2. The number of primary amides is 1. The van der Waals surface area contributed by atoms with Crippen LogP contribution in [0.1, 0.15) is 25.8 Å². The van der Waals surface area contributed by atoms with Crippen LogP contribution >= 0.6 is 11.8 Å². The largest absolute Gasteiger partial charge is 0.373 e. The van der Waals surface area contributed by atoms with Crippen molar-refractivity contribution in [3.8, 4) is 0 Å². The maximum absolute atomic E-state index is 12.5. The number of anilines is 1. The maximum atomic E-state index is 12.5. The minimum Gasteiger partial charge on any atom is -0.373 e. The first-order valence-electron chi connectivity index (χ1n) is 9.06. The van der Waals surface area contributed by atoms with Gasteiger partial charge < -0.3 is 16.4 Å². The normalized spacial score (nSPS) is 12.8. The van der Waals surface area contributed by atoms with Gasteiger partial charge in [-0.3, -0.25) is 9.59 Å². The van der Waals surface area contributed by atoms with E-state index < -0.39 is 0 Å². The Morgan fingerprint density at radius 3 is 2.41 bits per heavy atom. The van der Waals surface area contributed by atoms with Crippen LogP contribution < -0.4 is 16.4 Å². The molecule has 0 fully saturated rings. The first-order chi connectivity index (χ1) is 13.0. The molecule has 0 saturated heterocycles. The second-order valence-electron chi connectivity index (χ2n) is 6.55. The molecule has 2 aromatic carbocycles. The zero-order valence-corrected chi connectivity index (χ0v) is 16.6. The molecule has 2 aromatic rings. The fourth-order valence-corrected chi connectivity index (χ4v) is 3.38. The van der Waals surface area contributed by atoms with Crippen molar-refractivity contribution in [3.05, 3.63) is 60.2 Å². The number of amides is 2. The number of benzene rings is 2. The van der Waals surface area contributed by atoms with Gasteiger partial charge in [0.1, 0.15) is 6.04 Å². The summed E-state index contributed by atoms with van der Waals surface area (Å²) in [6.07, 6.45) is 1.81. The van der Waals surface area contributed by atoms with Crippen molar-refractivity contribution in [1.82, 2.24) is 5.32 Å². The van der Waals surface area contributed by atoms with Crippen molar-refractivity contribution in [2.75, 3.05) is 11.1 Å². The van der Waals surface area contributed by atoms with Crippen molar-refractivity contribution >= 4 is 29.3 Å². The van der Waals surface area contributed by atoms with Crippen molar-refractivity contribution in [2.24, 2.45) is 5.73 Å². The molecule has 0 unspecified atom stereocenters. The third-order valence-corrected chi connectivity index (χ3v) is 5.22. The van der Waals surface area contributed by atoms with E-state index in [9.17, 15) is 9.59 Å². The lowest BCUT2D eigenvalue weighted by molar-refractivity contribution is -0.122. The molecule has 6 heteroatoms. The monoisotopic (exact) mass is 385 g/mol. The van der Waals surface area contributed by atoms with Crippen molar-refractivity contribution in [2.45, 2.75) is 43.7 Å². The zero-order chi connectivity index (χ0) is 19.6.